The summed E-state index contributed by atoms with van der Waals surface area (Å²) in [5.41, 5.74) is 2.09. The van der Waals surface area contributed by atoms with E-state index in [0.29, 0.717) is 16.9 Å². The van der Waals surface area contributed by atoms with E-state index in [-0.39, 0.29) is 0 Å². The molecule has 126 valence electrons. The lowest BCUT2D eigenvalue weighted by molar-refractivity contribution is -0.137. The smallest absolute Gasteiger partial charge is 0.327 e. The molecule has 3 aromatic rings. The molecule has 6 heteroatoms. The summed E-state index contributed by atoms with van der Waals surface area (Å²) in [6.45, 7) is 7.14. The summed E-state index contributed by atoms with van der Waals surface area (Å²) >= 11 is 0. The van der Waals surface area contributed by atoms with Crippen LogP contribution in [0.1, 0.15) is 18.1 Å². The summed E-state index contributed by atoms with van der Waals surface area (Å²) in [7, 11) is 1.79. The third-order valence-electron chi connectivity index (χ3n) is 3.47. The van der Waals surface area contributed by atoms with E-state index in [0.717, 1.165) is 23.3 Å². The number of hydrogen-bond donors (Lipinski definition) is 0. The van der Waals surface area contributed by atoms with Crippen LogP contribution in [0.25, 0.3) is 22.4 Å². The van der Waals surface area contributed by atoms with Gasteiger partial charge >= 0.3 is 6.18 Å². The van der Waals surface area contributed by atoms with Crippen LogP contribution in [-0.4, -0.2) is 14.5 Å². The van der Waals surface area contributed by atoms with E-state index in [1.54, 1.807) is 36.2 Å². The molecule has 2 heterocycles. The minimum atomic E-state index is -4.36. The van der Waals surface area contributed by atoms with Crippen molar-refractivity contribution in [3.8, 4) is 11.4 Å². The van der Waals surface area contributed by atoms with Gasteiger partial charge in [-0.1, -0.05) is 6.08 Å². The highest BCUT2D eigenvalue weighted by Gasteiger charge is 2.31. The van der Waals surface area contributed by atoms with E-state index in [4.69, 9.17) is 0 Å². The second-order valence-corrected chi connectivity index (χ2v) is 5.29. The summed E-state index contributed by atoms with van der Waals surface area (Å²) < 4.78 is 40.1. The molecule has 0 saturated heterocycles. The minimum absolute atomic E-state index is 0.332. The second-order valence-electron chi connectivity index (χ2n) is 5.29. The number of pyridine rings is 1. The molecule has 0 N–H and O–H groups in total. The highest BCUT2D eigenvalue weighted by molar-refractivity contribution is 5.81. The molecule has 0 atom stereocenters. The SMILES string of the molecule is C=CC.Cc1cnccc1-c1nc2cc(C(F)(F)F)ccc2n1C. The van der Waals surface area contributed by atoms with Crippen molar-refractivity contribution >= 4 is 11.0 Å². The number of nitrogens with zero attached hydrogens (tertiary/aromatic N) is 3. The Balaban J connectivity index is 0.000000647. The maximum absolute atomic E-state index is 12.8. The predicted molar refractivity (Wildman–Crippen MR) is 89.6 cm³/mol. The lowest BCUT2D eigenvalue weighted by Gasteiger charge is -2.06. The fourth-order valence-corrected chi connectivity index (χ4v) is 2.34. The Bertz CT molecular complexity index is 864. The van der Waals surface area contributed by atoms with Gasteiger partial charge < -0.3 is 4.57 Å². The number of aryl methyl sites for hydroxylation is 2. The summed E-state index contributed by atoms with van der Waals surface area (Å²) in [6, 6.07) is 5.41. The summed E-state index contributed by atoms with van der Waals surface area (Å²) in [5.74, 6) is 0.629. The van der Waals surface area contributed by atoms with E-state index in [9.17, 15) is 13.2 Å². The Hall–Kier alpha value is -2.63. The molecule has 0 amide bonds. The lowest BCUT2D eigenvalue weighted by Crippen LogP contribution is -2.04. The molecule has 3 nitrogen and oxygen atoms in total. The molecule has 0 fully saturated rings. The first-order valence-electron chi connectivity index (χ1n) is 7.31. The van der Waals surface area contributed by atoms with E-state index in [1.165, 1.54) is 6.07 Å². The van der Waals surface area contributed by atoms with Crippen LogP contribution in [0.3, 0.4) is 0 Å². The maximum Gasteiger partial charge on any atom is 0.416 e. The third kappa shape index (κ3) is 3.48. The van der Waals surface area contributed by atoms with Crippen LogP contribution in [0.2, 0.25) is 0 Å². The van der Waals surface area contributed by atoms with Crippen molar-refractivity contribution in [2.24, 2.45) is 7.05 Å². The van der Waals surface area contributed by atoms with Crippen molar-refractivity contribution in [1.29, 1.82) is 0 Å². The quantitative estimate of drug-likeness (QED) is 0.576. The van der Waals surface area contributed by atoms with Crippen molar-refractivity contribution in [3.05, 3.63) is 60.4 Å². The van der Waals surface area contributed by atoms with Crippen LogP contribution >= 0.6 is 0 Å². The van der Waals surface area contributed by atoms with Crippen LogP contribution in [0.5, 0.6) is 0 Å². The van der Waals surface area contributed by atoms with Crippen molar-refractivity contribution in [2.45, 2.75) is 20.0 Å². The van der Waals surface area contributed by atoms with Gasteiger partial charge in [0.15, 0.2) is 0 Å². The van der Waals surface area contributed by atoms with Gasteiger partial charge in [-0.2, -0.15) is 13.2 Å². The Morgan fingerprint density at radius 1 is 1.21 bits per heavy atom. The van der Waals surface area contributed by atoms with Gasteiger partial charge in [-0.15, -0.1) is 6.58 Å². The van der Waals surface area contributed by atoms with Gasteiger partial charge in [-0.3, -0.25) is 4.98 Å². The molecule has 0 aliphatic rings. The number of halogens is 3. The monoisotopic (exact) mass is 333 g/mol. The first-order chi connectivity index (χ1) is 11.3. The largest absolute Gasteiger partial charge is 0.416 e. The summed E-state index contributed by atoms with van der Waals surface area (Å²) in [6.07, 6.45) is 0.733. The zero-order chi connectivity index (χ0) is 17.9. The molecule has 0 radical (unpaired) electrons. The van der Waals surface area contributed by atoms with E-state index in [1.807, 2.05) is 13.8 Å². The number of benzene rings is 1. The standard InChI is InChI=1S/C15H12F3N3.C3H6/c1-9-8-19-6-5-11(9)14-20-12-7-10(15(16,17)18)3-4-13(12)21(14)2;1-3-2/h3-8H,1-2H3;3H,1H2,2H3. The summed E-state index contributed by atoms with van der Waals surface area (Å²) in [4.78, 5) is 8.37. The van der Waals surface area contributed by atoms with Crippen LogP contribution in [0.4, 0.5) is 13.2 Å². The third-order valence-corrected chi connectivity index (χ3v) is 3.47. The van der Waals surface area contributed by atoms with Crippen LogP contribution < -0.4 is 0 Å². The van der Waals surface area contributed by atoms with Crippen LogP contribution in [0, 0.1) is 6.92 Å². The van der Waals surface area contributed by atoms with Gasteiger partial charge in [0, 0.05) is 25.0 Å². The zero-order valence-corrected chi connectivity index (χ0v) is 13.7. The lowest BCUT2D eigenvalue weighted by atomic mass is 10.1. The minimum Gasteiger partial charge on any atom is -0.327 e. The first kappa shape index (κ1) is 17.7. The molecule has 0 bridgehead atoms. The molecule has 1 aromatic carbocycles. The Labute approximate surface area is 138 Å². The van der Waals surface area contributed by atoms with Gasteiger partial charge in [0.2, 0.25) is 0 Å². The van der Waals surface area contributed by atoms with E-state index < -0.39 is 11.7 Å². The number of allylic oxidation sites excluding steroid dienone is 1. The Kier molecular flexibility index (Phi) is 5.07. The zero-order valence-electron chi connectivity index (χ0n) is 13.7. The molecule has 0 spiro atoms. The number of imidazole rings is 1. The Morgan fingerprint density at radius 2 is 1.88 bits per heavy atom. The molecule has 24 heavy (non-hydrogen) atoms. The van der Waals surface area contributed by atoms with Gasteiger partial charge in [0.25, 0.3) is 0 Å². The fourth-order valence-electron chi connectivity index (χ4n) is 2.34. The van der Waals surface area contributed by atoms with Gasteiger partial charge in [0.05, 0.1) is 16.6 Å². The van der Waals surface area contributed by atoms with E-state index in [2.05, 4.69) is 16.5 Å². The van der Waals surface area contributed by atoms with Gasteiger partial charge in [0.1, 0.15) is 5.82 Å². The number of hydrogen-bond acceptors (Lipinski definition) is 2. The normalized spacial score (nSPS) is 11.1. The first-order valence-corrected chi connectivity index (χ1v) is 7.31. The average Bonchev–Trinajstić information content (AvgIpc) is 2.84. The van der Waals surface area contributed by atoms with Crippen LogP contribution in [0.15, 0.2) is 49.3 Å². The molecule has 0 unspecified atom stereocenters. The molecule has 2 aromatic heterocycles. The topological polar surface area (TPSA) is 30.7 Å². The number of aromatic nitrogens is 3. The molecule has 0 aliphatic carbocycles. The average molecular weight is 333 g/mol. The predicted octanol–water partition coefficient (Wildman–Crippen LogP) is 5.15. The van der Waals surface area contributed by atoms with E-state index >= 15 is 0 Å². The Morgan fingerprint density at radius 3 is 2.46 bits per heavy atom. The molecule has 0 saturated carbocycles. The number of alkyl halides is 3. The second kappa shape index (κ2) is 6.86. The summed E-state index contributed by atoms with van der Waals surface area (Å²) in [5, 5.41) is 0. The molecular weight excluding hydrogens is 315 g/mol. The van der Waals surface area contributed by atoms with Crippen molar-refractivity contribution in [3.63, 3.8) is 0 Å². The highest BCUT2D eigenvalue weighted by atomic mass is 19.4. The molecule has 0 aliphatic heterocycles. The number of fused-ring (bicyclic) bond motifs is 1. The van der Waals surface area contributed by atoms with Crippen molar-refractivity contribution < 1.29 is 13.2 Å². The molecular formula is C18H18F3N3. The van der Waals surface area contributed by atoms with Crippen molar-refractivity contribution in [1.82, 2.24) is 14.5 Å². The van der Waals surface area contributed by atoms with Crippen molar-refractivity contribution in [2.75, 3.05) is 0 Å². The number of rotatable bonds is 1. The van der Waals surface area contributed by atoms with Crippen LogP contribution in [-0.2, 0) is 13.2 Å². The maximum atomic E-state index is 12.8. The van der Waals surface area contributed by atoms with Gasteiger partial charge in [-0.05, 0) is 43.7 Å². The van der Waals surface area contributed by atoms with Gasteiger partial charge in [-0.25, -0.2) is 4.98 Å². The molecule has 3 rings (SSSR count). The highest BCUT2D eigenvalue weighted by Crippen LogP contribution is 2.32. The fraction of sp³-hybridized carbons (Fsp3) is 0.222.